The second-order valence-electron chi connectivity index (χ2n) is 8.71. The summed E-state index contributed by atoms with van der Waals surface area (Å²) in [6, 6.07) is 24.2. The number of ether oxygens (including phenoxy) is 1. The average molecular weight is 438 g/mol. The molecule has 1 aliphatic carbocycles. The lowest BCUT2D eigenvalue weighted by Crippen LogP contribution is -2.34. The summed E-state index contributed by atoms with van der Waals surface area (Å²) < 4.78 is 5.76. The van der Waals surface area contributed by atoms with E-state index in [0.717, 1.165) is 51.7 Å². The van der Waals surface area contributed by atoms with Crippen molar-refractivity contribution >= 4 is 22.5 Å². The van der Waals surface area contributed by atoms with E-state index in [1.54, 1.807) is 0 Å². The number of carbonyl (C=O) groups excluding carboxylic acids is 2. The van der Waals surface area contributed by atoms with Crippen LogP contribution in [0.15, 0.2) is 95.3 Å². The number of benzene rings is 3. The number of ketones is 1. The molecule has 0 amide bonds. The minimum absolute atomic E-state index is 0.115. The molecule has 1 heterocycles. The van der Waals surface area contributed by atoms with Crippen LogP contribution in [0.1, 0.15) is 43.2 Å². The molecule has 33 heavy (non-hydrogen) atoms. The first-order valence-corrected chi connectivity index (χ1v) is 11.6. The fourth-order valence-electron chi connectivity index (χ4n) is 5.05. The Hall–Kier alpha value is -3.66. The summed E-state index contributed by atoms with van der Waals surface area (Å²) in [5.74, 6) is -0.674. The van der Waals surface area contributed by atoms with Crippen molar-refractivity contribution in [2.75, 3.05) is 6.61 Å². The lowest BCUT2D eigenvalue weighted by atomic mass is 9.74. The monoisotopic (exact) mass is 437 g/mol. The summed E-state index contributed by atoms with van der Waals surface area (Å²) in [7, 11) is 0. The van der Waals surface area contributed by atoms with Gasteiger partial charge in [-0.3, -0.25) is 4.79 Å². The second kappa shape index (κ2) is 9.07. The van der Waals surface area contributed by atoms with E-state index in [-0.39, 0.29) is 11.8 Å². The van der Waals surface area contributed by atoms with Crippen molar-refractivity contribution in [1.29, 1.82) is 0 Å². The van der Waals surface area contributed by atoms with Gasteiger partial charge in [0.1, 0.15) is 0 Å². The predicted octanol–water partition coefficient (Wildman–Crippen LogP) is 5.59. The third-order valence-electron chi connectivity index (χ3n) is 6.60. The number of carbonyl (C=O) groups is 2. The van der Waals surface area contributed by atoms with Gasteiger partial charge in [0.05, 0.1) is 12.2 Å². The zero-order valence-electron chi connectivity index (χ0n) is 18.8. The summed E-state index contributed by atoms with van der Waals surface area (Å²) in [5, 5.41) is 5.52. The molecule has 0 saturated heterocycles. The standard InChI is InChI=1S/C29H27NO3/c1-19-26(29(32)33-18-17-20-9-3-2-4-10-20)27(28-24(30-19)15-8-16-25(28)31)23-14-7-12-21-11-5-6-13-22(21)23/h2-7,9-14,27,30H,8,15-18H2,1H3. The van der Waals surface area contributed by atoms with Gasteiger partial charge < -0.3 is 10.1 Å². The van der Waals surface area contributed by atoms with E-state index in [1.807, 2.05) is 61.5 Å². The number of fused-ring (bicyclic) bond motifs is 1. The fourth-order valence-corrected chi connectivity index (χ4v) is 5.05. The quantitative estimate of drug-likeness (QED) is 0.529. The number of hydrogen-bond acceptors (Lipinski definition) is 4. The Morgan fingerprint density at radius 2 is 1.73 bits per heavy atom. The van der Waals surface area contributed by atoms with Gasteiger partial charge in [0.25, 0.3) is 0 Å². The third kappa shape index (κ3) is 4.09. The van der Waals surface area contributed by atoms with Crippen molar-refractivity contribution in [3.63, 3.8) is 0 Å². The first kappa shape index (κ1) is 21.2. The van der Waals surface area contributed by atoms with Crippen LogP contribution in [0.5, 0.6) is 0 Å². The Morgan fingerprint density at radius 3 is 2.58 bits per heavy atom. The summed E-state index contributed by atoms with van der Waals surface area (Å²) in [4.78, 5) is 26.6. The lowest BCUT2D eigenvalue weighted by Gasteiger charge is -2.34. The number of dihydropyridines is 1. The molecule has 0 spiro atoms. The average Bonchev–Trinajstić information content (AvgIpc) is 2.83. The van der Waals surface area contributed by atoms with E-state index in [2.05, 4.69) is 23.5 Å². The maximum absolute atomic E-state index is 13.4. The number of allylic oxidation sites excluding steroid dienone is 3. The van der Waals surface area contributed by atoms with E-state index in [4.69, 9.17) is 4.74 Å². The Kier molecular flexibility index (Phi) is 5.82. The Morgan fingerprint density at radius 1 is 0.970 bits per heavy atom. The molecule has 4 heteroatoms. The third-order valence-corrected chi connectivity index (χ3v) is 6.60. The Labute approximate surface area is 194 Å². The molecule has 0 aromatic heterocycles. The molecule has 0 fully saturated rings. The predicted molar refractivity (Wildman–Crippen MR) is 130 cm³/mol. The SMILES string of the molecule is CC1=C(C(=O)OCCc2ccccc2)C(c2cccc3ccccc23)C2=C(CCCC2=O)N1. The number of esters is 1. The molecule has 3 aromatic carbocycles. The van der Waals surface area contributed by atoms with Crippen molar-refractivity contribution in [2.45, 2.75) is 38.5 Å². The first-order chi connectivity index (χ1) is 16.1. The summed E-state index contributed by atoms with van der Waals surface area (Å²) >= 11 is 0. The van der Waals surface area contributed by atoms with Gasteiger partial charge in [0, 0.05) is 35.7 Å². The largest absolute Gasteiger partial charge is 0.462 e. The summed E-state index contributed by atoms with van der Waals surface area (Å²) in [6.07, 6.45) is 2.81. The van der Waals surface area contributed by atoms with Gasteiger partial charge in [-0.2, -0.15) is 0 Å². The van der Waals surface area contributed by atoms with E-state index in [1.165, 1.54) is 0 Å². The highest BCUT2D eigenvalue weighted by molar-refractivity contribution is 6.05. The first-order valence-electron chi connectivity index (χ1n) is 11.6. The minimum atomic E-state index is -0.427. The van der Waals surface area contributed by atoms with Gasteiger partial charge in [0.2, 0.25) is 0 Å². The second-order valence-corrected chi connectivity index (χ2v) is 8.71. The molecule has 0 bridgehead atoms. The van der Waals surface area contributed by atoms with Crippen molar-refractivity contribution in [2.24, 2.45) is 0 Å². The normalized spacial score (nSPS) is 18.2. The van der Waals surface area contributed by atoms with Crippen LogP contribution in [-0.2, 0) is 20.7 Å². The van der Waals surface area contributed by atoms with Crippen LogP contribution in [0.2, 0.25) is 0 Å². The number of nitrogens with one attached hydrogen (secondary N) is 1. The zero-order valence-corrected chi connectivity index (χ0v) is 18.8. The van der Waals surface area contributed by atoms with Gasteiger partial charge >= 0.3 is 5.97 Å². The molecule has 2 aliphatic rings. The van der Waals surface area contributed by atoms with Gasteiger partial charge in [-0.1, -0.05) is 72.8 Å². The van der Waals surface area contributed by atoms with Gasteiger partial charge in [-0.05, 0) is 41.7 Å². The highest BCUT2D eigenvalue weighted by Gasteiger charge is 2.39. The van der Waals surface area contributed by atoms with Gasteiger partial charge in [-0.15, -0.1) is 0 Å². The lowest BCUT2D eigenvalue weighted by molar-refractivity contribution is -0.139. The van der Waals surface area contributed by atoms with Crippen LogP contribution < -0.4 is 5.32 Å². The van der Waals surface area contributed by atoms with Crippen molar-refractivity contribution < 1.29 is 14.3 Å². The number of Topliss-reactive ketones (excluding diaryl/α,β-unsaturated/α-hetero) is 1. The van der Waals surface area contributed by atoms with E-state index in [9.17, 15) is 9.59 Å². The Bertz CT molecular complexity index is 1280. The van der Waals surface area contributed by atoms with Crippen LogP contribution in [0, 0.1) is 0 Å². The number of rotatable bonds is 5. The van der Waals surface area contributed by atoms with E-state index in [0.29, 0.717) is 25.0 Å². The highest BCUT2D eigenvalue weighted by atomic mass is 16.5. The maximum atomic E-state index is 13.4. The van der Waals surface area contributed by atoms with Crippen LogP contribution in [0.25, 0.3) is 10.8 Å². The molecular formula is C29H27NO3. The van der Waals surface area contributed by atoms with Gasteiger partial charge in [0.15, 0.2) is 5.78 Å². The zero-order chi connectivity index (χ0) is 22.8. The molecule has 1 N–H and O–H groups in total. The molecule has 4 nitrogen and oxygen atoms in total. The minimum Gasteiger partial charge on any atom is -0.462 e. The molecule has 0 radical (unpaired) electrons. The van der Waals surface area contributed by atoms with Crippen LogP contribution in [0.4, 0.5) is 0 Å². The van der Waals surface area contributed by atoms with Crippen molar-refractivity contribution in [3.8, 4) is 0 Å². The molecule has 1 unspecified atom stereocenters. The Balaban J connectivity index is 1.54. The smallest absolute Gasteiger partial charge is 0.336 e. The van der Waals surface area contributed by atoms with Crippen molar-refractivity contribution in [1.82, 2.24) is 5.32 Å². The molecule has 166 valence electrons. The summed E-state index contributed by atoms with van der Waals surface area (Å²) in [5.41, 5.74) is 5.07. The van der Waals surface area contributed by atoms with E-state index >= 15 is 0 Å². The number of hydrogen-bond donors (Lipinski definition) is 1. The molecular weight excluding hydrogens is 410 g/mol. The van der Waals surface area contributed by atoms with Crippen LogP contribution in [-0.4, -0.2) is 18.4 Å². The van der Waals surface area contributed by atoms with E-state index < -0.39 is 5.92 Å². The van der Waals surface area contributed by atoms with Crippen molar-refractivity contribution in [3.05, 3.63) is 106 Å². The molecule has 5 rings (SSSR count). The highest BCUT2D eigenvalue weighted by Crippen LogP contribution is 2.44. The van der Waals surface area contributed by atoms with Crippen LogP contribution >= 0.6 is 0 Å². The fraction of sp³-hybridized carbons (Fsp3) is 0.241. The molecule has 0 saturated carbocycles. The topological polar surface area (TPSA) is 55.4 Å². The molecule has 3 aromatic rings. The molecule has 1 aliphatic heterocycles. The van der Waals surface area contributed by atoms with Crippen LogP contribution in [0.3, 0.4) is 0 Å². The van der Waals surface area contributed by atoms with Gasteiger partial charge in [-0.25, -0.2) is 4.79 Å². The maximum Gasteiger partial charge on any atom is 0.336 e. The molecule has 1 atom stereocenters. The summed E-state index contributed by atoms with van der Waals surface area (Å²) in [6.45, 7) is 2.20.